The first-order chi connectivity index (χ1) is 8.43. The summed E-state index contributed by atoms with van der Waals surface area (Å²) in [6.07, 6.45) is 3.27. The van der Waals surface area contributed by atoms with Gasteiger partial charge in [-0.15, -0.1) is 0 Å². The van der Waals surface area contributed by atoms with E-state index in [0.717, 1.165) is 24.9 Å². The van der Waals surface area contributed by atoms with Crippen molar-refractivity contribution in [1.29, 1.82) is 0 Å². The number of thioether (sulfide) groups is 1. The van der Waals surface area contributed by atoms with Gasteiger partial charge >= 0.3 is 0 Å². The Kier molecular flexibility index (Phi) is 3.52. The van der Waals surface area contributed by atoms with Crippen LogP contribution >= 0.6 is 11.8 Å². The molecule has 17 heavy (non-hydrogen) atoms. The van der Waals surface area contributed by atoms with Crippen LogP contribution in [-0.4, -0.2) is 53.6 Å². The zero-order valence-electron chi connectivity index (χ0n) is 10.1. The van der Waals surface area contributed by atoms with Crippen molar-refractivity contribution >= 4 is 17.6 Å². The van der Waals surface area contributed by atoms with Crippen molar-refractivity contribution in [3.8, 4) is 0 Å². The van der Waals surface area contributed by atoms with E-state index < -0.39 is 0 Å². The molecule has 1 unspecified atom stereocenters. The van der Waals surface area contributed by atoms with E-state index in [1.807, 2.05) is 12.3 Å². The minimum absolute atomic E-state index is 0.839. The topological polar surface area (TPSA) is 19.4 Å². The number of nitrogens with zero attached hydrogens (tertiary/aromatic N) is 3. The molecular formula is C13H19N3S. The molecule has 1 aromatic rings. The molecule has 2 aliphatic heterocycles. The number of pyridine rings is 1. The molecule has 3 nitrogen and oxygen atoms in total. The number of piperazine rings is 1. The normalized spacial score (nSPS) is 26.4. The summed E-state index contributed by atoms with van der Waals surface area (Å²) in [6, 6.07) is 7.00. The molecule has 4 heteroatoms. The standard InChI is InChI=1S/C13H19N3S/c1-2-5-14-13(3-1)16-8-6-15(7-9-16)12-4-10-17-11-12/h1-3,5,12H,4,6-11H2. The third kappa shape index (κ3) is 2.58. The third-order valence-electron chi connectivity index (χ3n) is 3.71. The summed E-state index contributed by atoms with van der Waals surface area (Å²) >= 11 is 2.11. The number of anilines is 1. The average Bonchev–Trinajstić information content (AvgIpc) is 2.94. The van der Waals surface area contributed by atoms with Crippen molar-refractivity contribution < 1.29 is 0 Å². The molecule has 92 valence electrons. The van der Waals surface area contributed by atoms with Crippen LogP contribution in [0.15, 0.2) is 24.4 Å². The molecule has 0 N–H and O–H groups in total. The van der Waals surface area contributed by atoms with Crippen molar-refractivity contribution in [2.24, 2.45) is 0 Å². The summed E-state index contributed by atoms with van der Waals surface area (Å²) < 4.78 is 0. The maximum absolute atomic E-state index is 4.43. The SMILES string of the molecule is c1ccc(N2CCN(C3CCSC3)CC2)nc1. The Morgan fingerprint density at radius 2 is 2.06 bits per heavy atom. The molecule has 0 saturated carbocycles. The van der Waals surface area contributed by atoms with Gasteiger partial charge in [-0.1, -0.05) is 6.07 Å². The number of aromatic nitrogens is 1. The monoisotopic (exact) mass is 249 g/mol. The van der Waals surface area contributed by atoms with Crippen molar-refractivity contribution in [3.05, 3.63) is 24.4 Å². The molecule has 3 rings (SSSR count). The van der Waals surface area contributed by atoms with Gasteiger partial charge < -0.3 is 4.90 Å². The maximum atomic E-state index is 4.43. The predicted molar refractivity (Wildman–Crippen MR) is 73.8 cm³/mol. The minimum Gasteiger partial charge on any atom is -0.354 e. The van der Waals surface area contributed by atoms with Gasteiger partial charge in [-0.2, -0.15) is 11.8 Å². The quantitative estimate of drug-likeness (QED) is 0.794. The summed E-state index contributed by atoms with van der Waals surface area (Å²) in [6.45, 7) is 4.64. The van der Waals surface area contributed by atoms with Crippen LogP contribution in [0.1, 0.15) is 6.42 Å². The van der Waals surface area contributed by atoms with Crippen molar-refractivity contribution in [1.82, 2.24) is 9.88 Å². The first kappa shape index (κ1) is 11.4. The molecule has 0 aliphatic carbocycles. The van der Waals surface area contributed by atoms with Gasteiger partial charge in [-0.05, 0) is 24.3 Å². The summed E-state index contributed by atoms with van der Waals surface area (Å²) in [5, 5.41) is 0. The molecule has 1 atom stereocenters. The van der Waals surface area contributed by atoms with E-state index in [1.54, 1.807) is 0 Å². The number of hydrogen-bond donors (Lipinski definition) is 0. The summed E-state index contributed by atoms with van der Waals surface area (Å²) in [4.78, 5) is 9.50. The molecule has 0 amide bonds. The van der Waals surface area contributed by atoms with Crippen LogP contribution in [0.25, 0.3) is 0 Å². The Balaban J connectivity index is 1.57. The molecule has 0 aromatic carbocycles. The van der Waals surface area contributed by atoms with Crippen LogP contribution in [0.4, 0.5) is 5.82 Å². The molecule has 2 saturated heterocycles. The lowest BCUT2D eigenvalue weighted by molar-refractivity contribution is 0.200. The fraction of sp³-hybridized carbons (Fsp3) is 0.615. The van der Waals surface area contributed by atoms with E-state index in [4.69, 9.17) is 0 Å². The molecule has 0 bridgehead atoms. The Morgan fingerprint density at radius 3 is 2.71 bits per heavy atom. The highest BCUT2D eigenvalue weighted by Gasteiger charge is 2.26. The lowest BCUT2D eigenvalue weighted by Gasteiger charge is -2.38. The van der Waals surface area contributed by atoms with E-state index in [0.29, 0.717) is 0 Å². The Morgan fingerprint density at radius 1 is 1.18 bits per heavy atom. The molecule has 2 aliphatic rings. The highest BCUT2D eigenvalue weighted by molar-refractivity contribution is 7.99. The van der Waals surface area contributed by atoms with E-state index in [-0.39, 0.29) is 0 Å². The molecule has 0 radical (unpaired) electrons. The van der Waals surface area contributed by atoms with Gasteiger partial charge in [-0.25, -0.2) is 4.98 Å². The molecule has 2 fully saturated rings. The Bertz CT molecular complexity index is 343. The molecule has 1 aromatic heterocycles. The van der Waals surface area contributed by atoms with E-state index in [9.17, 15) is 0 Å². The second kappa shape index (κ2) is 5.27. The lowest BCUT2D eigenvalue weighted by atomic mass is 10.2. The van der Waals surface area contributed by atoms with Gasteiger partial charge in [0.05, 0.1) is 0 Å². The van der Waals surface area contributed by atoms with Gasteiger partial charge in [0.1, 0.15) is 5.82 Å². The van der Waals surface area contributed by atoms with E-state index in [1.165, 1.54) is 31.0 Å². The highest BCUT2D eigenvalue weighted by Crippen LogP contribution is 2.24. The summed E-state index contributed by atoms with van der Waals surface area (Å²) in [5.74, 6) is 3.82. The van der Waals surface area contributed by atoms with Crippen LogP contribution in [0.3, 0.4) is 0 Å². The van der Waals surface area contributed by atoms with Crippen molar-refractivity contribution in [3.63, 3.8) is 0 Å². The largest absolute Gasteiger partial charge is 0.354 e. The molecule has 0 spiro atoms. The first-order valence-corrected chi connectivity index (χ1v) is 7.57. The smallest absolute Gasteiger partial charge is 0.128 e. The van der Waals surface area contributed by atoms with Crippen molar-refractivity contribution in [2.45, 2.75) is 12.5 Å². The van der Waals surface area contributed by atoms with Crippen LogP contribution in [-0.2, 0) is 0 Å². The average molecular weight is 249 g/mol. The van der Waals surface area contributed by atoms with Crippen LogP contribution in [0.2, 0.25) is 0 Å². The van der Waals surface area contributed by atoms with Crippen LogP contribution in [0.5, 0.6) is 0 Å². The third-order valence-corrected chi connectivity index (χ3v) is 4.85. The molecular weight excluding hydrogens is 230 g/mol. The van der Waals surface area contributed by atoms with Crippen LogP contribution in [0, 0.1) is 0 Å². The fourth-order valence-electron chi connectivity index (χ4n) is 2.67. The summed E-state index contributed by atoms with van der Waals surface area (Å²) in [7, 11) is 0. The zero-order chi connectivity index (χ0) is 11.5. The lowest BCUT2D eigenvalue weighted by Crippen LogP contribution is -2.50. The van der Waals surface area contributed by atoms with Gasteiger partial charge in [-0.3, -0.25) is 4.90 Å². The van der Waals surface area contributed by atoms with Gasteiger partial charge in [0, 0.05) is 44.2 Å². The van der Waals surface area contributed by atoms with Gasteiger partial charge in [0.15, 0.2) is 0 Å². The van der Waals surface area contributed by atoms with Gasteiger partial charge in [0.2, 0.25) is 0 Å². The second-order valence-electron chi connectivity index (χ2n) is 4.73. The number of rotatable bonds is 2. The first-order valence-electron chi connectivity index (χ1n) is 6.41. The fourth-order valence-corrected chi connectivity index (χ4v) is 3.92. The number of hydrogen-bond acceptors (Lipinski definition) is 4. The highest BCUT2D eigenvalue weighted by atomic mass is 32.2. The minimum atomic E-state index is 0.839. The summed E-state index contributed by atoms with van der Waals surface area (Å²) in [5.41, 5.74) is 0. The van der Waals surface area contributed by atoms with Gasteiger partial charge in [0.25, 0.3) is 0 Å². The van der Waals surface area contributed by atoms with E-state index >= 15 is 0 Å². The Labute approximate surface area is 107 Å². The van der Waals surface area contributed by atoms with Crippen molar-refractivity contribution in [2.75, 3.05) is 42.6 Å². The van der Waals surface area contributed by atoms with Crippen LogP contribution < -0.4 is 4.90 Å². The molecule has 3 heterocycles. The van der Waals surface area contributed by atoms with E-state index in [2.05, 4.69) is 38.7 Å². The Hall–Kier alpha value is -0.740. The second-order valence-corrected chi connectivity index (χ2v) is 5.88. The predicted octanol–water partition coefficient (Wildman–Crippen LogP) is 1.71. The zero-order valence-corrected chi connectivity index (χ0v) is 10.9. The maximum Gasteiger partial charge on any atom is 0.128 e.